The number of rotatable bonds is 49. The molecule has 6 heteroatoms. The van der Waals surface area contributed by atoms with E-state index in [4.69, 9.17) is 14.2 Å². The highest BCUT2D eigenvalue weighted by molar-refractivity contribution is 5.71. The largest absolute Gasteiger partial charge is 0.462 e. The van der Waals surface area contributed by atoms with Crippen LogP contribution in [0.15, 0.2) is 170 Å². The molecule has 0 rings (SSSR count). The molecule has 1 unspecified atom stereocenters. The van der Waals surface area contributed by atoms with Gasteiger partial charge in [-0.05, 0) is 103 Å². The minimum absolute atomic E-state index is 0.134. The molecular formula is C67H102O6. The summed E-state index contributed by atoms with van der Waals surface area (Å²) >= 11 is 0. The van der Waals surface area contributed by atoms with Crippen LogP contribution in [0.1, 0.15) is 213 Å². The Hall–Kier alpha value is -5.23. The monoisotopic (exact) mass is 1000 g/mol. The Balaban J connectivity index is 4.62. The molecule has 1 atom stereocenters. The van der Waals surface area contributed by atoms with Crippen LogP contribution < -0.4 is 0 Å². The Kier molecular flexibility index (Phi) is 55.1. The van der Waals surface area contributed by atoms with Gasteiger partial charge in [0.1, 0.15) is 13.2 Å². The molecular weight excluding hydrogens is 901 g/mol. The molecule has 0 amide bonds. The smallest absolute Gasteiger partial charge is 0.306 e. The maximum Gasteiger partial charge on any atom is 0.306 e. The molecule has 0 spiro atoms. The Morgan fingerprint density at radius 3 is 1.08 bits per heavy atom. The minimum atomic E-state index is -0.840. The van der Waals surface area contributed by atoms with Crippen molar-refractivity contribution >= 4 is 17.9 Å². The van der Waals surface area contributed by atoms with Crippen LogP contribution in [0.2, 0.25) is 0 Å². The first kappa shape index (κ1) is 67.8. The zero-order valence-corrected chi connectivity index (χ0v) is 46.3. The predicted octanol–water partition coefficient (Wildman–Crippen LogP) is 19.5. The molecule has 0 aromatic carbocycles. The second-order valence-corrected chi connectivity index (χ2v) is 18.3. The van der Waals surface area contributed by atoms with Gasteiger partial charge in [0.2, 0.25) is 0 Å². The zero-order valence-electron chi connectivity index (χ0n) is 46.3. The van der Waals surface area contributed by atoms with Crippen LogP contribution in [0.4, 0.5) is 0 Å². The topological polar surface area (TPSA) is 78.9 Å². The van der Waals surface area contributed by atoms with E-state index >= 15 is 0 Å². The third-order valence-corrected chi connectivity index (χ3v) is 11.4. The number of allylic oxidation sites excluding steroid dienone is 28. The molecule has 0 aliphatic rings. The quantitative estimate of drug-likeness (QED) is 0.0199. The first-order valence-electron chi connectivity index (χ1n) is 28.7. The van der Waals surface area contributed by atoms with E-state index in [1.54, 1.807) is 0 Å². The van der Waals surface area contributed by atoms with Crippen molar-refractivity contribution in [2.24, 2.45) is 0 Å². The Morgan fingerprint density at radius 2 is 0.630 bits per heavy atom. The third-order valence-electron chi connectivity index (χ3n) is 11.4. The Labute approximate surface area is 447 Å². The third kappa shape index (κ3) is 57.5. The molecule has 0 aliphatic carbocycles. The number of esters is 3. The second kappa shape index (κ2) is 59.3. The lowest BCUT2D eigenvalue weighted by Gasteiger charge is -2.18. The number of carbonyl (C=O) groups excluding carboxylic acids is 3. The highest BCUT2D eigenvalue weighted by Crippen LogP contribution is 2.14. The first-order chi connectivity index (χ1) is 36.0. The molecule has 6 nitrogen and oxygen atoms in total. The van der Waals surface area contributed by atoms with Gasteiger partial charge in [-0.1, -0.05) is 262 Å². The molecule has 0 aromatic heterocycles. The first-order valence-corrected chi connectivity index (χ1v) is 28.7. The van der Waals surface area contributed by atoms with Gasteiger partial charge in [-0.2, -0.15) is 0 Å². The van der Waals surface area contributed by atoms with Gasteiger partial charge in [0.15, 0.2) is 6.10 Å². The van der Waals surface area contributed by atoms with Crippen molar-refractivity contribution in [3.8, 4) is 0 Å². The summed E-state index contributed by atoms with van der Waals surface area (Å²) in [6, 6.07) is 0. The number of hydrogen-bond donors (Lipinski definition) is 0. The van der Waals surface area contributed by atoms with Crippen LogP contribution in [-0.2, 0) is 28.6 Å². The molecule has 73 heavy (non-hydrogen) atoms. The van der Waals surface area contributed by atoms with Crippen LogP contribution in [0.3, 0.4) is 0 Å². The van der Waals surface area contributed by atoms with E-state index in [1.807, 2.05) is 72.9 Å². The Morgan fingerprint density at radius 1 is 0.301 bits per heavy atom. The average Bonchev–Trinajstić information content (AvgIpc) is 3.39. The highest BCUT2D eigenvalue weighted by Gasteiger charge is 2.19. The standard InChI is InChI=1S/C67H102O6/c1-4-7-10-13-16-19-22-25-28-31-33-36-39-42-45-48-51-54-57-60-66(69)72-63-64(62-71-65(68)59-56-53-50-47-44-41-38-35-30-27-24-21-18-15-12-9-6-3)73-67(70)61-58-55-52-49-46-43-40-37-34-32-29-26-23-20-17-14-11-8-5-2/h7,9-10,12,15-21,23-28,30,33,35-36,38,41-42,44-45,51,54,64H,4-6,8,11,13-14,22,29,31-32,34,37,39-40,43,46-50,52-53,55-63H2,1-3H3/b10-7-,12-9-,18-15-,19-16-,20-17-,24-21-,26-23-,28-25-,30-27-,36-33-,38-35+,44-41-,45-42-,54-51-. The van der Waals surface area contributed by atoms with Crippen LogP contribution in [0.5, 0.6) is 0 Å². The molecule has 406 valence electrons. The lowest BCUT2D eigenvalue weighted by Crippen LogP contribution is -2.30. The van der Waals surface area contributed by atoms with Crippen LogP contribution >= 0.6 is 0 Å². The maximum atomic E-state index is 12.9. The second-order valence-electron chi connectivity index (χ2n) is 18.3. The summed E-state index contributed by atoms with van der Waals surface area (Å²) < 4.78 is 16.8. The number of carbonyl (C=O) groups is 3. The van der Waals surface area contributed by atoms with Crippen molar-refractivity contribution in [2.75, 3.05) is 13.2 Å². The van der Waals surface area contributed by atoms with E-state index in [9.17, 15) is 14.4 Å². The summed E-state index contributed by atoms with van der Waals surface area (Å²) in [5.41, 5.74) is 0. The highest BCUT2D eigenvalue weighted by atomic mass is 16.6. The Bertz CT molecular complexity index is 1720. The molecule has 0 fully saturated rings. The number of hydrogen-bond acceptors (Lipinski definition) is 6. The summed E-state index contributed by atoms with van der Waals surface area (Å²) in [5, 5.41) is 0. The van der Waals surface area contributed by atoms with Crippen molar-refractivity contribution in [1.82, 2.24) is 0 Å². The summed E-state index contributed by atoms with van der Waals surface area (Å²) in [5.74, 6) is -1.07. The van der Waals surface area contributed by atoms with Gasteiger partial charge in [-0.15, -0.1) is 0 Å². The summed E-state index contributed by atoms with van der Waals surface area (Å²) in [4.78, 5) is 38.2. The fourth-order valence-corrected chi connectivity index (χ4v) is 7.14. The van der Waals surface area contributed by atoms with E-state index in [0.717, 1.165) is 89.9 Å². The van der Waals surface area contributed by atoms with Gasteiger partial charge in [-0.25, -0.2) is 0 Å². The molecule has 0 saturated carbocycles. The lowest BCUT2D eigenvalue weighted by molar-refractivity contribution is -0.166. The number of unbranched alkanes of at least 4 members (excludes halogenated alkanes) is 16. The average molecular weight is 1000 g/mol. The predicted molar refractivity (Wildman–Crippen MR) is 315 cm³/mol. The fraction of sp³-hybridized carbons (Fsp3) is 0.537. The summed E-state index contributed by atoms with van der Waals surface area (Å²) in [6.07, 6.45) is 87.7. The van der Waals surface area contributed by atoms with Crippen LogP contribution in [-0.4, -0.2) is 37.2 Å². The van der Waals surface area contributed by atoms with E-state index < -0.39 is 6.10 Å². The summed E-state index contributed by atoms with van der Waals surface area (Å²) in [6.45, 7) is 6.23. The van der Waals surface area contributed by atoms with Crippen molar-refractivity contribution in [2.45, 2.75) is 219 Å². The molecule has 0 radical (unpaired) electrons. The lowest BCUT2D eigenvalue weighted by atomic mass is 10.1. The number of ether oxygens (including phenoxy) is 3. The maximum absolute atomic E-state index is 12.9. The van der Waals surface area contributed by atoms with Crippen molar-refractivity contribution < 1.29 is 28.6 Å². The van der Waals surface area contributed by atoms with Crippen LogP contribution in [0.25, 0.3) is 0 Å². The molecule has 0 bridgehead atoms. The molecule has 0 N–H and O–H groups in total. The SMILES string of the molecule is CC\C=C/C=C\C=C/C=C\C=C\C=C/CCCCCC(=O)OCC(COC(=O)CC/C=C\C/C=C\C/C=C\C/C=C\C/C=C\C/C=C\CC)OC(=O)CCCCCCCCCCCC/C=C\C=C/CCCCC. The molecule has 0 aromatic rings. The van der Waals surface area contributed by atoms with Gasteiger partial charge in [0.25, 0.3) is 0 Å². The van der Waals surface area contributed by atoms with Crippen molar-refractivity contribution in [3.63, 3.8) is 0 Å². The normalized spacial score (nSPS) is 13.4. The van der Waals surface area contributed by atoms with E-state index in [-0.39, 0.29) is 50.4 Å². The minimum Gasteiger partial charge on any atom is -0.462 e. The van der Waals surface area contributed by atoms with Gasteiger partial charge < -0.3 is 14.2 Å². The van der Waals surface area contributed by atoms with Gasteiger partial charge >= 0.3 is 17.9 Å². The van der Waals surface area contributed by atoms with E-state index in [0.29, 0.717) is 12.8 Å². The molecule has 0 saturated heterocycles. The van der Waals surface area contributed by atoms with Crippen molar-refractivity contribution in [1.29, 1.82) is 0 Å². The van der Waals surface area contributed by atoms with Crippen molar-refractivity contribution in [3.05, 3.63) is 170 Å². The van der Waals surface area contributed by atoms with E-state index in [1.165, 1.54) is 70.6 Å². The molecule has 0 heterocycles. The van der Waals surface area contributed by atoms with Crippen LogP contribution in [0, 0.1) is 0 Å². The zero-order chi connectivity index (χ0) is 52.9. The summed E-state index contributed by atoms with van der Waals surface area (Å²) in [7, 11) is 0. The van der Waals surface area contributed by atoms with E-state index in [2.05, 4.69) is 118 Å². The fourth-order valence-electron chi connectivity index (χ4n) is 7.14. The van der Waals surface area contributed by atoms with Gasteiger partial charge in [0, 0.05) is 19.3 Å². The molecule has 0 aliphatic heterocycles. The van der Waals surface area contributed by atoms with Gasteiger partial charge in [0.05, 0.1) is 0 Å². The van der Waals surface area contributed by atoms with Gasteiger partial charge in [-0.3, -0.25) is 14.4 Å².